The fourth-order valence-electron chi connectivity index (χ4n) is 2.70. The van der Waals surface area contributed by atoms with Gasteiger partial charge in [-0.1, -0.05) is 42.0 Å². The molecule has 0 radical (unpaired) electrons. The zero-order chi connectivity index (χ0) is 18.1. The minimum Gasteiger partial charge on any atom is -0.299 e. The number of hydrogen-bond acceptors (Lipinski definition) is 4. The number of nitrogens with zero attached hydrogens (tertiary/aromatic N) is 5. The second-order valence-electron chi connectivity index (χ2n) is 5.94. The molecule has 2 heterocycles. The molecule has 26 heavy (non-hydrogen) atoms. The summed E-state index contributed by atoms with van der Waals surface area (Å²) < 4.78 is 15.3. The van der Waals surface area contributed by atoms with Crippen molar-refractivity contribution in [3.05, 3.63) is 76.3 Å². The standard InChI is InChI=1S/C18H15FN6S/c1-12-3-2-4-13(9-12)11-24-22-17(21-23-24)16-10-20-25(18(16)26)15-7-5-14(19)6-8-15/h2-10,20H,11H2,1H3. The first-order valence-electron chi connectivity index (χ1n) is 8.00. The van der Waals surface area contributed by atoms with Crippen LogP contribution in [-0.2, 0) is 6.54 Å². The summed E-state index contributed by atoms with van der Waals surface area (Å²) in [5.74, 6) is 0.146. The highest BCUT2D eigenvalue weighted by Gasteiger charge is 2.12. The fraction of sp³-hybridized carbons (Fsp3) is 0.111. The summed E-state index contributed by atoms with van der Waals surface area (Å²) in [6.07, 6.45) is 1.72. The molecular weight excluding hydrogens is 351 g/mol. The number of aryl methyl sites for hydroxylation is 1. The number of tetrazole rings is 1. The van der Waals surface area contributed by atoms with Crippen molar-refractivity contribution in [3.8, 4) is 17.1 Å². The summed E-state index contributed by atoms with van der Waals surface area (Å²) in [6, 6.07) is 14.2. The van der Waals surface area contributed by atoms with Gasteiger partial charge in [-0.3, -0.25) is 5.10 Å². The molecular formula is C18H15FN6S. The molecule has 4 aromatic rings. The van der Waals surface area contributed by atoms with E-state index in [-0.39, 0.29) is 5.82 Å². The van der Waals surface area contributed by atoms with Crippen LogP contribution < -0.4 is 0 Å². The number of rotatable bonds is 4. The molecule has 0 saturated carbocycles. The first kappa shape index (κ1) is 16.3. The van der Waals surface area contributed by atoms with Crippen LogP contribution in [0.3, 0.4) is 0 Å². The Morgan fingerprint density at radius 2 is 1.96 bits per heavy atom. The summed E-state index contributed by atoms with van der Waals surface area (Å²) in [5.41, 5.74) is 3.68. The van der Waals surface area contributed by atoms with Crippen LogP contribution in [-0.4, -0.2) is 30.0 Å². The van der Waals surface area contributed by atoms with E-state index >= 15 is 0 Å². The first-order valence-corrected chi connectivity index (χ1v) is 8.41. The Morgan fingerprint density at radius 1 is 1.15 bits per heavy atom. The zero-order valence-electron chi connectivity index (χ0n) is 13.9. The van der Waals surface area contributed by atoms with Gasteiger partial charge in [0, 0.05) is 6.20 Å². The summed E-state index contributed by atoms with van der Waals surface area (Å²) in [5, 5.41) is 15.7. The maximum atomic E-state index is 13.1. The van der Waals surface area contributed by atoms with Crippen LogP contribution in [0.25, 0.3) is 17.1 Å². The van der Waals surface area contributed by atoms with Crippen molar-refractivity contribution in [2.45, 2.75) is 13.5 Å². The lowest BCUT2D eigenvalue weighted by molar-refractivity contribution is 0.572. The third-order valence-electron chi connectivity index (χ3n) is 3.96. The lowest BCUT2D eigenvalue weighted by Crippen LogP contribution is -2.04. The monoisotopic (exact) mass is 366 g/mol. The van der Waals surface area contributed by atoms with Gasteiger partial charge in [0.25, 0.3) is 0 Å². The Morgan fingerprint density at radius 3 is 2.73 bits per heavy atom. The topological polar surface area (TPSA) is 64.3 Å². The number of aromatic nitrogens is 6. The number of hydrogen-bond donors (Lipinski definition) is 1. The first-order chi connectivity index (χ1) is 12.6. The van der Waals surface area contributed by atoms with Gasteiger partial charge in [-0.05, 0) is 42.0 Å². The molecule has 0 saturated heterocycles. The Hall–Kier alpha value is -3.13. The van der Waals surface area contributed by atoms with E-state index < -0.39 is 0 Å². The van der Waals surface area contributed by atoms with Crippen molar-refractivity contribution in [2.75, 3.05) is 0 Å². The quantitative estimate of drug-likeness (QED) is 0.560. The zero-order valence-corrected chi connectivity index (χ0v) is 14.7. The number of H-pyrrole nitrogens is 1. The van der Waals surface area contributed by atoms with Gasteiger partial charge < -0.3 is 0 Å². The molecule has 0 atom stereocenters. The predicted molar refractivity (Wildman–Crippen MR) is 98.0 cm³/mol. The SMILES string of the molecule is Cc1cccc(Cn2nnc(-c3c[nH]n(-c4ccc(F)cc4)c3=S)n2)c1. The second kappa shape index (κ2) is 6.64. The summed E-state index contributed by atoms with van der Waals surface area (Å²) in [6.45, 7) is 2.57. The minimum absolute atomic E-state index is 0.298. The van der Waals surface area contributed by atoms with Crippen LogP contribution in [0, 0.1) is 17.4 Å². The highest BCUT2D eigenvalue weighted by Crippen LogP contribution is 2.19. The summed E-state index contributed by atoms with van der Waals surface area (Å²) >= 11 is 5.50. The van der Waals surface area contributed by atoms with E-state index in [1.54, 1.807) is 23.0 Å². The molecule has 130 valence electrons. The van der Waals surface area contributed by atoms with E-state index in [9.17, 15) is 4.39 Å². The second-order valence-corrected chi connectivity index (χ2v) is 6.32. The maximum Gasteiger partial charge on any atom is 0.209 e. The third-order valence-corrected chi connectivity index (χ3v) is 4.36. The number of halogens is 1. The fourth-order valence-corrected chi connectivity index (χ4v) is 3.01. The molecule has 0 fully saturated rings. The van der Waals surface area contributed by atoms with Gasteiger partial charge in [0.1, 0.15) is 10.5 Å². The van der Waals surface area contributed by atoms with Crippen LogP contribution >= 0.6 is 12.2 Å². The summed E-state index contributed by atoms with van der Waals surface area (Å²) in [4.78, 5) is 1.54. The van der Waals surface area contributed by atoms with Gasteiger partial charge >= 0.3 is 0 Å². The molecule has 0 amide bonds. The highest BCUT2D eigenvalue weighted by molar-refractivity contribution is 7.71. The van der Waals surface area contributed by atoms with E-state index in [1.165, 1.54) is 22.5 Å². The molecule has 4 rings (SSSR count). The highest BCUT2D eigenvalue weighted by atomic mass is 32.1. The molecule has 0 bridgehead atoms. The number of benzene rings is 2. The van der Waals surface area contributed by atoms with Crippen molar-refractivity contribution in [1.82, 2.24) is 30.0 Å². The smallest absolute Gasteiger partial charge is 0.209 e. The Bertz CT molecular complexity index is 1110. The molecule has 6 nitrogen and oxygen atoms in total. The predicted octanol–water partition coefficient (Wildman–Crippen LogP) is 3.68. The van der Waals surface area contributed by atoms with Crippen molar-refractivity contribution in [1.29, 1.82) is 0 Å². The molecule has 0 aliphatic heterocycles. The number of aromatic amines is 1. The van der Waals surface area contributed by atoms with Crippen LogP contribution in [0.4, 0.5) is 4.39 Å². The lowest BCUT2D eigenvalue weighted by Gasteiger charge is -2.01. The lowest BCUT2D eigenvalue weighted by atomic mass is 10.1. The van der Waals surface area contributed by atoms with Crippen molar-refractivity contribution in [3.63, 3.8) is 0 Å². The average molecular weight is 366 g/mol. The van der Waals surface area contributed by atoms with Crippen LogP contribution in [0.5, 0.6) is 0 Å². The van der Waals surface area contributed by atoms with E-state index in [1.807, 2.05) is 25.1 Å². The molecule has 0 aliphatic carbocycles. The Balaban J connectivity index is 1.62. The molecule has 0 unspecified atom stereocenters. The van der Waals surface area contributed by atoms with E-state index in [0.717, 1.165) is 11.3 Å². The van der Waals surface area contributed by atoms with Gasteiger partial charge in [0.05, 0.1) is 17.8 Å². The Kier molecular flexibility index (Phi) is 4.18. The maximum absolute atomic E-state index is 13.1. The molecule has 1 N–H and O–H groups in total. The van der Waals surface area contributed by atoms with Crippen molar-refractivity contribution in [2.24, 2.45) is 0 Å². The molecule has 8 heteroatoms. The minimum atomic E-state index is -0.298. The van der Waals surface area contributed by atoms with Gasteiger partial charge in [-0.25, -0.2) is 9.07 Å². The van der Waals surface area contributed by atoms with Gasteiger partial charge in [-0.2, -0.15) is 4.80 Å². The van der Waals surface area contributed by atoms with Gasteiger partial charge in [-0.15, -0.1) is 10.2 Å². The van der Waals surface area contributed by atoms with E-state index in [2.05, 4.69) is 26.6 Å². The van der Waals surface area contributed by atoms with E-state index in [4.69, 9.17) is 12.2 Å². The normalized spacial score (nSPS) is 11.0. The molecule has 2 aromatic heterocycles. The largest absolute Gasteiger partial charge is 0.299 e. The third kappa shape index (κ3) is 3.18. The van der Waals surface area contributed by atoms with Crippen molar-refractivity contribution >= 4 is 12.2 Å². The van der Waals surface area contributed by atoms with Crippen LogP contribution in [0.1, 0.15) is 11.1 Å². The molecule has 0 spiro atoms. The molecule has 2 aromatic carbocycles. The van der Waals surface area contributed by atoms with Gasteiger partial charge in [0.15, 0.2) is 0 Å². The number of nitrogens with one attached hydrogen (secondary N) is 1. The van der Waals surface area contributed by atoms with Crippen molar-refractivity contribution < 1.29 is 4.39 Å². The van der Waals surface area contributed by atoms with E-state index in [0.29, 0.717) is 22.6 Å². The van der Waals surface area contributed by atoms with Crippen LogP contribution in [0.15, 0.2) is 54.7 Å². The van der Waals surface area contributed by atoms with Gasteiger partial charge in [0.2, 0.25) is 5.82 Å². The average Bonchev–Trinajstić information content (AvgIpc) is 3.22. The molecule has 0 aliphatic rings. The van der Waals surface area contributed by atoms with Crippen LogP contribution in [0.2, 0.25) is 0 Å². The summed E-state index contributed by atoms with van der Waals surface area (Å²) in [7, 11) is 0. The Labute approximate surface area is 153 Å².